The van der Waals surface area contributed by atoms with Gasteiger partial charge in [0.25, 0.3) is 0 Å². The first-order chi connectivity index (χ1) is 29.2. The van der Waals surface area contributed by atoms with Crippen LogP contribution in [-0.4, -0.2) is 19.9 Å². The van der Waals surface area contributed by atoms with Crippen LogP contribution in [0.5, 0.6) is 0 Å². The minimum atomic E-state index is 0.636. The molecule has 0 amide bonds. The van der Waals surface area contributed by atoms with Crippen LogP contribution in [0.4, 0.5) is 0 Å². The molecule has 0 saturated carbocycles. The molecular formula is C54H32N4S. The van der Waals surface area contributed by atoms with Crippen LogP contribution in [0.25, 0.3) is 120 Å². The maximum atomic E-state index is 5.30. The fourth-order valence-corrected chi connectivity index (χ4v) is 9.79. The number of fused-ring (bicyclic) bond motifs is 10. The molecule has 274 valence electrons. The van der Waals surface area contributed by atoms with Crippen molar-refractivity contribution in [3.63, 3.8) is 0 Å². The number of pyridine rings is 1. The molecule has 5 heteroatoms. The van der Waals surface area contributed by atoms with Gasteiger partial charge in [-0.15, -0.1) is 11.3 Å². The van der Waals surface area contributed by atoms with E-state index in [-0.39, 0.29) is 0 Å². The molecule has 0 radical (unpaired) electrons. The van der Waals surface area contributed by atoms with Gasteiger partial charge in [-0.1, -0.05) is 164 Å². The molecule has 0 spiro atoms. The van der Waals surface area contributed by atoms with Crippen molar-refractivity contribution in [2.75, 3.05) is 0 Å². The van der Waals surface area contributed by atoms with E-state index in [4.69, 9.17) is 19.9 Å². The zero-order chi connectivity index (χ0) is 38.9. The molecule has 0 N–H and O–H groups in total. The van der Waals surface area contributed by atoms with E-state index >= 15 is 0 Å². The van der Waals surface area contributed by atoms with E-state index in [0.717, 1.165) is 55.4 Å². The van der Waals surface area contributed by atoms with Gasteiger partial charge in [0.1, 0.15) is 0 Å². The number of para-hydroxylation sites is 1. The average molecular weight is 769 g/mol. The van der Waals surface area contributed by atoms with E-state index in [1.165, 1.54) is 47.1 Å². The Bertz CT molecular complexity index is 3600. The number of hydrogen-bond acceptors (Lipinski definition) is 5. The molecule has 0 aliphatic heterocycles. The fraction of sp³-hybridized carbons (Fsp3) is 0. The highest BCUT2D eigenvalue weighted by molar-refractivity contribution is 7.26. The van der Waals surface area contributed by atoms with Crippen LogP contribution in [-0.2, 0) is 0 Å². The standard InChI is InChI=1S/C54H32N4S/c1-3-13-34(14-4-1)51-50-43(42-21-11-12-22-46(42)55-51)28-30-48-49(50)45-31-37(27-29-47(45)59-48)33-23-25-36(26-24-33)53-56-52(35-15-5-2-6-16-35)57-54(58-53)44-32-38-17-7-8-18-39(38)40-19-9-10-20-41(40)44/h1-32H. The second-order valence-electron chi connectivity index (χ2n) is 15.0. The van der Waals surface area contributed by atoms with Crippen LogP contribution < -0.4 is 0 Å². The van der Waals surface area contributed by atoms with Crippen molar-refractivity contribution in [1.29, 1.82) is 0 Å². The van der Waals surface area contributed by atoms with Crippen LogP contribution in [0.3, 0.4) is 0 Å². The van der Waals surface area contributed by atoms with E-state index < -0.39 is 0 Å². The largest absolute Gasteiger partial charge is 0.247 e. The van der Waals surface area contributed by atoms with Gasteiger partial charge in [-0.3, -0.25) is 0 Å². The van der Waals surface area contributed by atoms with E-state index in [1.807, 2.05) is 29.5 Å². The van der Waals surface area contributed by atoms with E-state index in [1.54, 1.807) is 0 Å². The van der Waals surface area contributed by atoms with Crippen molar-refractivity contribution in [3.05, 3.63) is 194 Å². The summed E-state index contributed by atoms with van der Waals surface area (Å²) in [5.74, 6) is 1.93. The summed E-state index contributed by atoms with van der Waals surface area (Å²) >= 11 is 1.84. The molecule has 12 aromatic rings. The molecular weight excluding hydrogens is 737 g/mol. The summed E-state index contributed by atoms with van der Waals surface area (Å²) in [6, 6.07) is 68.5. The molecule has 59 heavy (non-hydrogen) atoms. The normalized spacial score (nSPS) is 11.7. The van der Waals surface area contributed by atoms with Gasteiger partial charge in [0.15, 0.2) is 17.5 Å². The first-order valence-electron chi connectivity index (χ1n) is 19.8. The van der Waals surface area contributed by atoms with Crippen molar-refractivity contribution >= 4 is 74.7 Å². The van der Waals surface area contributed by atoms with Gasteiger partial charge < -0.3 is 0 Å². The lowest BCUT2D eigenvalue weighted by Gasteiger charge is -2.13. The molecule has 0 atom stereocenters. The molecule has 12 rings (SSSR count). The summed E-state index contributed by atoms with van der Waals surface area (Å²) < 4.78 is 2.51. The predicted molar refractivity (Wildman–Crippen MR) is 248 cm³/mol. The molecule has 0 aliphatic rings. The number of benzene rings is 9. The Morgan fingerprint density at radius 1 is 0.305 bits per heavy atom. The molecule has 0 saturated heterocycles. The predicted octanol–water partition coefficient (Wildman–Crippen LogP) is 14.6. The first-order valence-corrected chi connectivity index (χ1v) is 20.6. The molecule has 9 aromatic carbocycles. The monoisotopic (exact) mass is 768 g/mol. The van der Waals surface area contributed by atoms with Crippen molar-refractivity contribution in [2.45, 2.75) is 0 Å². The molecule has 4 nitrogen and oxygen atoms in total. The average Bonchev–Trinajstić information content (AvgIpc) is 3.70. The van der Waals surface area contributed by atoms with Gasteiger partial charge in [-0.2, -0.15) is 0 Å². The Morgan fingerprint density at radius 2 is 0.881 bits per heavy atom. The van der Waals surface area contributed by atoms with Crippen LogP contribution in [0.1, 0.15) is 0 Å². The highest BCUT2D eigenvalue weighted by Gasteiger charge is 2.19. The Balaban J connectivity index is 1.01. The summed E-state index contributed by atoms with van der Waals surface area (Å²) in [6.07, 6.45) is 0. The Kier molecular flexibility index (Phi) is 7.68. The van der Waals surface area contributed by atoms with E-state index in [2.05, 4.69) is 176 Å². The molecule has 3 heterocycles. The lowest BCUT2D eigenvalue weighted by atomic mass is 9.95. The molecule has 0 unspecified atom stereocenters. The van der Waals surface area contributed by atoms with Crippen LogP contribution in [0.15, 0.2) is 194 Å². The van der Waals surface area contributed by atoms with Gasteiger partial charge in [-0.05, 0) is 68.4 Å². The number of hydrogen-bond donors (Lipinski definition) is 0. The summed E-state index contributed by atoms with van der Waals surface area (Å²) in [7, 11) is 0. The van der Waals surface area contributed by atoms with Gasteiger partial charge in [0, 0.05) is 53.2 Å². The zero-order valence-corrected chi connectivity index (χ0v) is 32.5. The topological polar surface area (TPSA) is 51.6 Å². The summed E-state index contributed by atoms with van der Waals surface area (Å²) in [4.78, 5) is 20.7. The Labute approximate surface area is 343 Å². The van der Waals surface area contributed by atoms with Gasteiger partial charge in [-0.25, -0.2) is 19.9 Å². The number of nitrogens with zero attached hydrogens (tertiary/aromatic N) is 4. The second-order valence-corrected chi connectivity index (χ2v) is 16.0. The summed E-state index contributed by atoms with van der Waals surface area (Å²) in [6.45, 7) is 0. The third kappa shape index (κ3) is 5.58. The maximum Gasteiger partial charge on any atom is 0.164 e. The number of thiophene rings is 1. The molecule has 3 aromatic heterocycles. The Hall–Kier alpha value is -7.60. The quantitative estimate of drug-likeness (QED) is 0.164. The van der Waals surface area contributed by atoms with Crippen molar-refractivity contribution < 1.29 is 0 Å². The fourth-order valence-electron chi connectivity index (χ4n) is 8.69. The lowest BCUT2D eigenvalue weighted by molar-refractivity contribution is 1.08. The minimum absolute atomic E-state index is 0.636. The van der Waals surface area contributed by atoms with Crippen molar-refractivity contribution in [3.8, 4) is 56.5 Å². The van der Waals surface area contributed by atoms with E-state index in [9.17, 15) is 0 Å². The van der Waals surface area contributed by atoms with Gasteiger partial charge in [0.05, 0.1) is 11.2 Å². The zero-order valence-electron chi connectivity index (χ0n) is 31.7. The van der Waals surface area contributed by atoms with Crippen LogP contribution in [0, 0.1) is 0 Å². The maximum absolute atomic E-state index is 5.30. The van der Waals surface area contributed by atoms with Gasteiger partial charge in [0.2, 0.25) is 0 Å². The lowest BCUT2D eigenvalue weighted by Crippen LogP contribution is -2.00. The number of aromatic nitrogens is 4. The third-order valence-electron chi connectivity index (χ3n) is 11.5. The summed E-state index contributed by atoms with van der Waals surface area (Å²) in [5.41, 5.74) is 8.28. The Morgan fingerprint density at radius 3 is 1.66 bits per heavy atom. The summed E-state index contributed by atoms with van der Waals surface area (Å²) in [5, 5.41) is 10.7. The molecule has 0 bridgehead atoms. The molecule has 0 fully saturated rings. The minimum Gasteiger partial charge on any atom is -0.247 e. The van der Waals surface area contributed by atoms with Crippen LogP contribution >= 0.6 is 11.3 Å². The smallest absolute Gasteiger partial charge is 0.164 e. The molecule has 0 aliphatic carbocycles. The van der Waals surface area contributed by atoms with Crippen molar-refractivity contribution in [2.24, 2.45) is 0 Å². The number of rotatable bonds is 5. The van der Waals surface area contributed by atoms with Crippen LogP contribution in [0.2, 0.25) is 0 Å². The second kappa shape index (κ2) is 13.5. The highest BCUT2D eigenvalue weighted by Crippen LogP contribution is 2.45. The third-order valence-corrected chi connectivity index (χ3v) is 12.6. The van der Waals surface area contributed by atoms with Gasteiger partial charge >= 0.3 is 0 Å². The van der Waals surface area contributed by atoms with Crippen molar-refractivity contribution in [1.82, 2.24) is 19.9 Å². The van der Waals surface area contributed by atoms with E-state index in [0.29, 0.717) is 17.5 Å². The first kappa shape index (κ1) is 33.5. The SMILES string of the molecule is c1ccc(-c2nc(-c3ccc(-c4ccc5sc6ccc7c8ccccc8nc(-c8ccccc8)c7c6c5c4)cc3)nc(-c3cc4ccccc4c4ccccc34)n2)cc1. The highest BCUT2D eigenvalue weighted by atomic mass is 32.1.